The van der Waals surface area contributed by atoms with Crippen molar-refractivity contribution in [3.8, 4) is 0 Å². The maximum absolute atomic E-state index is 13.1. The lowest BCUT2D eigenvalue weighted by Gasteiger charge is -2.37. The molecule has 2 saturated heterocycles. The first-order valence-electron chi connectivity index (χ1n) is 7.23. The van der Waals surface area contributed by atoms with Crippen molar-refractivity contribution in [3.63, 3.8) is 0 Å². The maximum Gasteiger partial charge on any atom is 0.137 e. The van der Waals surface area contributed by atoms with Gasteiger partial charge < -0.3 is 5.32 Å². The zero-order valence-corrected chi connectivity index (χ0v) is 11.2. The molecule has 0 saturated carbocycles. The van der Waals surface area contributed by atoms with E-state index >= 15 is 0 Å². The van der Waals surface area contributed by atoms with Gasteiger partial charge in [-0.05, 0) is 42.9 Å². The number of hydrogen-bond acceptors (Lipinski definition) is 2. The fraction of sp³-hybridized carbons (Fsp3) is 0.562. The summed E-state index contributed by atoms with van der Waals surface area (Å²) in [6, 6.07) is 7.56. The fourth-order valence-corrected chi connectivity index (χ4v) is 3.79. The van der Waals surface area contributed by atoms with Crippen LogP contribution in [-0.4, -0.2) is 17.9 Å². The molecule has 4 atom stereocenters. The van der Waals surface area contributed by atoms with E-state index in [0.29, 0.717) is 24.3 Å². The predicted molar refractivity (Wildman–Crippen MR) is 72.5 cm³/mol. The lowest BCUT2D eigenvalue weighted by molar-refractivity contribution is -0.124. The molecule has 0 aliphatic carbocycles. The van der Waals surface area contributed by atoms with Crippen molar-refractivity contribution in [3.05, 3.63) is 35.6 Å². The quantitative estimate of drug-likeness (QED) is 0.906. The van der Waals surface area contributed by atoms with E-state index in [1.807, 2.05) is 19.1 Å². The number of carbonyl (C=O) groups excluding carboxylic acids is 1. The van der Waals surface area contributed by atoms with Crippen molar-refractivity contribution in [2.24, 2.45) is 5.92 Å². The van der Waals surface area contributed by atoms with Gasteiger partial charge in [0.15, 0.2) is 0 Å². The van der Waals surface area contributed by atoms with E-state index in [4.69, 9.17) is 0 Å². The second kappa shape index (κ2) is 5.04. The second-order valence-electron chi connectivity index (χ2n) is 5.79. The molecule has 2 fully saturated rings. The molecule has 2 bridgehead atoms. The zero-order chi connectivity index (χ0) is 13.4. The first-order valence-corrected chi connectivity index (χ1v) is 7.23. The Hall–Kier alpha value is -1.22. The summed E-state index contributed by atoms with van der Waals surface area (Å²) in [5.41, 5.74) is 1.12. The van der Waals surface area contributed by atoms with E-state index in [-0.39, 0.29) is 17.7 Å². The van der Waals surface area contributed by atoms with Crippen LogP contribution < -0.4 is 5.32 Å². The van der Waals surface area contributed by atoms with E-state index < -0.39 is 0 Å². The molecule has 2 aliphatic heterocycles. The Kier molecular flexibility index (Phi) is 3.40. The maximum atomic E-state index is 13.1. The van der Waals surface area contributed by atoms with Crippen molar-refractivity contribution >= 4 is 5.78 Å². The summed E-state index contributed by atoms with van der Waals surface area (Å²) in [5, 5.41) is 3.57. The van der Waals surface area contributed by atoms with Gasteiger partial charge in [-0.3, -0.25) is 4.79 Å². The van der Waals surface area contributed by atoms with Crippen LogP contribution in [0.3, 0.4) is 0 Å². The summed E-state index contributed by atoms with van der Waals surface area (Å²) in [7, 11) is 0. The Balaban J connectivity index is 1.92. The number of nitrogens with one attached hydrogen (secondary N) is 1. The van der Waals surface area contributed by atoms with Crippen molar-refractivity contribution in [1.29, 1.82) is 0 Å². The molecule has 2 heterocycles. The molecule has 0 spiro atoms. The number of halogens is 1. The standard InChI is InChI=1S/C16H20FNO/c1-2-15(19)16-13(9-12-7-8-14(16)18-12)10-3-5-11(17)6-4-10/h3-6,12-14,16,18H,2,7-9H2,1H3. The van der Waals surface area contributed by atoms with Crippen LogP contribution in [0.15, 0.2) is 24.3 Å². The Morgan fingerprint density at radius 2 is 2.05 bits per heavy atom. The molecule has 2 nitrogen and oxygen atoms in total. The topological polar surface area (TPSA) is 29.1 Å². The number of benzene rings is 1. The normalized spacial score (nSPS) is 33.4. The van der Waals surface area contributed by atoms with Gasteiger partial charge in [0.1, 0.15) is 11.6 Å². The molecule has 0 aromatic heterocycles. The fourth-order valence-electron chi connectivity index (χ4n) is 3.79. The summed E-state index contributed by atoms with van der Waals surface area (Å²) in [5.74, 6) is 0.451. The van der Waals surface area contributed by atoms with E-state index in [2.05, 4.69) is 5.32 Å². The molecule has 0 amide bonds. The van der Waals surface area contributed by atoms with Crippen LogP contribution in [0.25, 0.3) is 0 Å². The molecule has 4 unspecified atom stereocenters. The van der Waals surface area contributed by atoms with Gasteiger partial charge in [0.25, 0.3) is 0 Å². The molecule has 3 heteroatoms. The van der Waals surface area contributed by atoms with Crippen LogP contribution >= 0.6 is 0 Å². The summed E-state index contributed by atoms with van der Waals surface area (Å²) in [6.45, 7) is 1.94. The smallest absolute Gasteiger partial charge is 0.137 e. The largest absolute Gasteiger partial charge is 0.310 e. The van der Waals surface area contributed by atoms with Gasteiger partial charge in [-0.1, -0.05) is 19.1 Å². The third-order valence-corrected chi connectivity index (χ3v) is 4.70. The van der Waals surface area contributed by atoms with Crippen molar-refractivity contribution in [2.45, 2.75) is 50.6 Å². The van der Waals surface area contributed by atoms with E-state index in [0.717, 1.165) is 24.8 Å². The van der Waals surface area contributed by atoms with Crippen LogP contribution in [0, 0.1) is 11.7 Å². The average molecular weight is 261 g/mol. The number of carbonyl (C=O) groups is 1. The van der Waals surface area contributed by atoms with Crippen LogP contribution in [-0.2, 0) is 4.79 Å². The van der Waals surface area contributed by atoms with Crippen molar-refractivity contribution in [2.75, 3.05) is 0 Å². The van der Waals surface area contributed by atoms with Crippen LogP contribution in [0.5, 0.6) is 0 Å². The van der Waals surface area contributed by atoms with Gasteiger partial charge in [0.2, 0.25) is 0 Å². The summed E-state index contributed by atoms with van der Waals surface area (Å²) in [4.78, 5) is 12.3. The second-order valence-corrected chi connectivity index (χ2v) is 5.79. The number of Topliss-reactive ketones (excluding diaryl/α,β-unsaturated/α-hetero) is 1. The lowest BCUT2D eigenvalue weighted by atomic mass is 9.74. The highest BCUT2D eigenvalue weighted by molar-refractivity contribution is 5.82. The van der Waals surface area contributed by atoms with Gasteiger partial charge in [0.05, 0.1) is 0 Å². The monoisotopic (exact) mass is 261 g/mol. The highest BCUT2D eigenvalue weighted by Gasteiger charge is 2.44. The third-order valence-electron chi connectivity index (χ3n) is 4.70. The number of rotatable bonds is 3. The van der Waals surface area contributed by atoms with Crippen molar-refractivity contribution < 1.29 is 9.18 Å². The van der Waals surface area contributed by atoms with Crippen LogP contribution in [0.1, 0.15) is 44.1 Å². The number of ketones is 1. The molecule has 2 aliphatic rings. The van der Waals surface area contributed by atoms with Gasteiger partial charge in [-0.25, -0.2) is 4.39 Å². The minimum Gasteiger partial charge on any atom is -0.310 e. The van der Waals surface area contributed by atoms with Gasteiger partial charge >= 0.3 is 0 Å². The van der Waals surface area contributed by atoms with Gasteiger partial charge in [0, 0.05) is 24.4 Å². The average Bonchev–Trinajstić information content (AvgIpc) is 2.80. The molecule has 1 aromatic rings. The number of piperidine rings is 1. The van der Waals surface area contributed by atoms with Gasteiger partial charge in [-0.2, -0.15) is 0 Å². The summed E-state index contributed by atoms with van der Waals surface area (Å²) in [6.07, 6.45) is 3.85. The highest BCUT2D eigenvalue weighted by Crippen LogP contribution is 2.42. The van der Waals surface area contributed by atoms with Crippen LogP contribution in [0.2, 0.25) is 0 Å². The molecule has 102 valence electrons. The molecular formula is C16H20FNO. The first-order chi connectivity index (χ1) is 9.19. The molecule has 0 radical (unpaired) electrons. The van der Waals surface area contributed by atoms with Gasteiger partial charge in [-0.15, -0.1) is 0 Å². The Morgan fingerprint density at radius 3 is 2.74 bits per heavy atom. The van der Waals surface area contributed by atoms with Crippen molar-refractivity contribution in [1.82, 2.24) is 5.32 Å². The Labute approximate surface area is 113 Å². The molecule has 1 aromatic carbocycles. The molecule has 3 rings (SSSR count). The minimum atomic E-state index is -0.209. The molecule has 1 N–H and O–H groups in total. The zero-order valence-electron chi connectivity index (χ0n) is 11.2. The molecule has 19 heavy (non-hydrogen) atoms. The summed E-state index contributed by atoms with van der Waals surface area (Å²) >= 11 is 0. The third kappa shape index (κ3) is 2.32. The highest BCUT2D eigenvalue weighted by atomic mass is 19.1. The number of fused-ring (bicyclic) bond motifs is 2. The molecular weight excluding hydrogens is 241 g/mol. The summed E-state index contributed by atoms with van der Waals surface area (Å²) < 4.78 is 13.1. The SMILES string of the molecule is CCC(=O)C1C2CCC(CC1c1ccc(F)cc1)N2. The predicted octanol–water partition coefficient (Wildman–Crippen LogP) is 3.03. The number of hydrogen-bond donors (Lipinski definition) is 1. The van der Waals surface area contributed by atoms with Crippen LogP contribution in [0.4, 0.5) is 4.39 Å². The van der Waals surface area contributed by atoms with E-state index in [1.165, 1.54) is 12.1 Å². The van der Waals surface area contributed by atoms with E-state index in [9.17, 15) is 9.18 Å². The minimum absolute atomic E-state index is 0.0641. The first kappa shape index (κ1) is 12.8. The Bertz CT molecular complexity index is 470. The Morgan fingerprint density at radius 1 is 1.32 bits per heavy atom. The lowest BCUT2D eigenvalue weighted by Crippen LogP contribution is -2.47. The van der Waals surface area contributed by atoms with E-state index in [1.54, 1.807) is 0 Å².